The van der Waals surface area contributed by atoms with Gasteiger partial charge in [-0.1, -0.05) is 13.8 Å². The van der Waals surface area contributed by atoms with Crippen LogP contribution in [0.25, 0.3) is 0 Å². The van der Waals surface area contributed by atoms with Gasteiger partial charge in [0, 0.05) is 13.1 Å². The number of nitrogens with zero attached hydrogens (tertiary/aromatic N) is 1. The van der Waals surface area contributed by atoms with E-state index in [1.807, 2.05) is 32.8 Å². The van der Waals surface area contributed by atoms with Crippen LogP contribution in [-0.4, -0.2) is 46.8 Å². The standard InChI is InChI=1S/C12H20N2O4S/c1-12(2,9-14(3)4)8-13-19(16,17)11-6-5-10(7-15)18-11/h5-7,13H,8-9H2,1-4H3. The number of hydrogen-bond donors (Lipinski definition) is 1. The summed E-state index contributed by atoms with van der Waals surface area (Å²) >= 11 is 0. The van der Waals surface area contributed by atoms with Gasteiger partial charge >= 0.3 is 0 Å². The van der Waals surface area contributed by atoms with Crippen LogP contribution in [0, 0.1) is 5.41 Å². The fraction of sp³-hybridized carbons (Fsp3) is 0.583. The molecule has 0 amide bonds. The number of sulfonamides is 1. The molecule has 1 N–H and O–H groups in total. The van der Waals surface area contributed by atoms with Crippen LogP contribution in [0.2, 0.25) is 0 Å². The molecular formula is C12H20N2O4S. The van der Waals surface area contributed by atoms with Crippen molar-refractivity contribution in [2.45, 2.75) is 18.9 Å². The van der Waals surface area contributed by atoms with E-state index in [2.05, 4.69) is 4.72 Å². The third-order valence-corrected chi connectivity index (χ3v) is 3.74. The smallest absolute Gasteiger partial charge is 0.273 e. The van der Waals surface area contributed by atoms with Gasteiger partial charge in [0.2, 0.25) is 5.09 Å². The molecule has 0 atom stereocenters. The molecule has 0 fully saturated rings. The number of carbonyl (C=O) groups is 1. The molecule has 1 aromatic rings. The van der Waals surface area contributed by atoms with E-state index in [9.17, 15) is 13.2 Å². The minimum atomic E-state index is -3.71. The lowest BCUT2D eigenvalue weighted by molar-refractivity contribution is 0.109. The minimum absolute atomic E-state index is 0.00655. The molecule has 6 nitrogen and oxygen atoms in total. The van der Waals surface area contributed by atoms with Crippen LogP contribution in [0.3, 0.4) is 0 Å². The molecule has 1 rings (SSSR count). The van der Waals surface area contributed by atoms with Crippen molar-refractivity contribution in [3.05, 3.63) is 17.9 Å². The van der Waals surface area contributed by atoms with Gasteiger partial charge in [-0.05, 0) is 31.6 Å². The molecule has 7 heteroatoms. The van der Waals surface area contributed by atoms with E-state index < -0.39 is 10.0 Å². The average molecular weight is 288 g/mol. The first kappa shape index (κ1) is 15.9. The summed E-state index contributed by atoms with van der Waals surface area (Å²) in [6, 6.07) is 2.59. The Morgan fingerprint density at radius 2 is 2.00 bits per heavy atom. The zero-order chi connectivity index (χ0) is 14.7. The van der Waals surface area contributed by atoms with Gasteiger partial charge in [-0.2, -0.15) is 0 Å². The van der Waals surface area contributed by atoms with E-state index in [0.29, 0.717) is 6.29 Å². The van der Waals surface area contributed by atoms with Crippen molar-refractivity contribution in [3.63, 3.8) is 0 Å². The van der Waals surface area contributed by atoms with Crippen LogP contribution in [-0.2, 0) is 10.0 Å². The van der Waals surface area contributed by atoms with E-state index in [4.69, 9.17) is 4.42 Å². The molecule has 0 aliphatic rings. The second-order valence-electron chi connectivity index (χ2n) is 5.50. The van der Waals surface area contributed by atoms with Crippen LogP contribution in [0.4, 0.5) is 0 Å². The fourth-order valence-electron chi connectivity index (χ4n) is 1.82. The van der Waals surface area contributed by atoms with Crippen LogP contribution >= 0.6 is 0 Å². The molecule has 1 heterocycles. The predicted molar refractivity (Wildman–Crippen MR) is 71.6 cm³/mol. The zero-order valence-electron chi connectivity index (χ0n) is 11.6. The third-order valence-electron chi connectivity index (χ3n) is 2.47. The van der Waals surface area contributed by atoms with Crippen molar-refractivity contribution in [2.24, 2.45) is 5.41 Å². The van der Waals surface area contributed by atoms with E-state index in [0.717, 1.165) is 6.54 Å². The van der Waals surface area contributed by atoms with Gasteiger partial charge in [-0.15, -0.1) is 0 Å². The van der Waals surface area contributed by atoms with Crippen molar-refractivity contribution < 1.29 is 17.6 Å². The highest BCUT2D eigenvalue weighted by Crippen LogP contribution is 2.17. The zero-order valence-corrected chi connectivity index (χ0v) is 12.5. The summed E-state index contributed by atoms with van der Waals surface area (Å²) in [5.74, 6) is -0.00655. The monoisotopic (exact) mass is 288 g/mol. The predicted octanol–water partition coefficient (Wildman–Crippen LogP) is 0.958. The molecule has 0 bridgehead atoms. The molecule has 0 saturated carbocycles. The Morgan fingerprint density at radius 1 is 1.37 bits per heavy atom. The number of nitrogens with one attached hydrogen (secondary N) is 1. The van der Waals surface area contributed by atoms with Gasteiger partial charge in [0.05, 0.1) is 0 Å². The van der Waals surface area contributed by atoms with E-state index in [1.165, 1.54) is 12.1 Å². The summed E-state index contributed by atoms with van der Waals surface area (Å²) in [6.45, 7) is 4.96. The first-order valence-electron chi connectivity index (χ1n) is 5.86. The molecule has 19 heavy (non-hydrogen) atoms. The topological polar surface area (TPSA) is 79.6 Å². The lowest BCUT2D eigenvalue weighted by Crippen LogP contribution is -2.39. The largest absolute Gasteiger partial charge is 0.440 e. The number of aldehydes is 1. The maximum atomic E-state index is 12.0. The molecule has 0 saturated heterocycles. The number of carbonyl (C=O) groups excluding carboxylic acids is 1. The Labute approximate surface area is 113 Å². The molecule has 0 unspecified atom stereocenters. The van der Waals surface area contributed by atoms with Gasteiger partial charge < -0.3 is 9.32 Å². The summed E-state index contributed by atoms with van der Waals surface area (Å²) in [5.41, 5.74) is -0.212. The van der Waals surface area contributed by atoms with Crippen LogP contribution < -0.4 is 4.72 Å². The SMILES string of the molecule is CN(C)CC(C)(C)CNS(=O)(=O)c1ccc(C=O)o1. The van der Waals surface area contributed by atoms with E-state index in [-0.39, 0.29) is 22.8 Å². The molecule has 0 radical (unpaired) electrons. The molecule has 1 aromatic heterocycles. The molecule has 0 aliphatic carbocycles. The first-order valence-corrected chi connectivity index (χ1v) is 7.34. The summed E-state index contributed by atoms with van der Waals surface area (Å²) in [7, 11) is 0.147. The number of hydrogen-bond acceptors (Lipinski definition) is 5. The Morgan fingerprint density at radius 3 is 2.47 bits per heavy atom. The molecule has 0 aromatic carbocycles. The first-order chi connectivity index (χ1) is 8.66. The van der Waals surface area contributed by atoms with Crippen molar-refractivity contribution in [1.29, 1.82) is 0 Å². The van der Waals surface area contributed by atoms with Crippen molar-refractivity contribution >= 4 is 16.3 Å². The lowest BCUT2D eigenvalue weighted by Gasteiger charge is -2.28. The van der Waals surface area contributed by atoms with Gasteiger partial charge in [0.1, 0.15) is 0 Å². The third kappa shape index (κ3) is 4.77. The highest BCUT2D eigenvalue weighted by Gasteiger charge is 2.24. The lowest BCUT2D eigenvalue weighted by atomic mass is 9.93. The van der Waals surface area contributed by atoms with Gasteiger partial charge in [0.15, 0.2) is 12.0 Å². The van der Waals surface area contributed by atoms with Crippen molar-refractivity contribution in [1.82, 2.24) is 9.62 Å². The molecule has 108 valence electrons. The summed E-state index contributed by atoms with van der Waals surface area (Å²) in [4.78, 5) is 12.5. The fourth-order valence-corrected chi connectivity index (χ4v) is 2.99. The highest BCUT2D eigenvalue weighted by molar-refractivity contribution is 7.89. The van der Waals surface area contributed by atoms with Crippen LogP contribution in [0.1, 0.15) is 24.4 Å². The Kier molecular flexibility index (Phi) is 4.89. The molecule has 0 aliphatic heterocycles. The second-order valence-corrected chi connectivity index (χ2v) is 7.20. The minimum Gasteiger partial charge on any atom is -0.440 e. The van der Waals surface area contributed by atoms with E-state index >= 15 is 0 Å². The summed E-state index contributed by atoms with van der Waals surface area (Å²) in [6.07, 6.45) is 0.467. The normalized spacial score (nSPS) is 12.9. The summed E-state index contributed by atoms with van der Waals surface area (Å²) in [5, 5.41) is -0.241. The Balaban J connectivity index is 2.73. The summed E-state index contributed by atoms with van der Waals surface area (Å²) < 4.78 is 31.3. The van der Waals surface area contributed by atoms with Crippen molar-refractivity contribution in [3.8, 4) is 0 Å². The maximum absolute atomic E-state index is 12.0. The van der Waals surface area contributed by atoms with Gasteiger partial charge in [-0.25, -0.2) is 13.1 Å². The Hall–Kier alpha value is -1.18. The van der Waals surface area contributed by atoms with Gasteiger partial charge in [-0.3, -0.25) is 4.79 Å². The average Bonchev–Trinajstić information content (AvgIpc) is 2.74. The van der Waals surface area contributed by atoms with Crippen molar-refractivity contribution in [2.75, 3.05) is 27.2 Å². The highest BCUT2D eigenvalue weighted by atomic mass is 32.2. The second kappa shape index (κ2) is 5.85. The van der Waals surface area contributed by atoms with Gasteiger partial charge in [0.25, 0.3) is 10.0 Å². The molecular weight excluding hydrogens is 268 g/mol. The quantitative estimate of drug-likeness (QED) is 0.756. The maximum Gasteiger partial charge on any atom is 0.273 e. The van der Waals surface area contributed by atoms with E-state index in [1.54, 1.807) is 0 Å². The van der Waals surface area contributed by atoms with Crippen LogP contribution in [0.5, 0.6) is 0 Å². The Bertz CT molecular complexity index is 532. The molecule has 0 spiro atoms. The van der Waals surface area contributed by atoms with Crippen LogP contribution in [0.15, 0.2) is 21.6 Å². The number of rotatable bonds is 7. The number of furan rings is 1.